The Bertz CT molecular complexity index is 482. The number of aromatic nitrogens is 2. The van der Waals surface area contributed by atoms with Gasteiger partial charge in [0.2, 0.25) is 5.13 Å². The average Bonchev–Trinajstić information content (AvgIpc) is 2.89. The molecule has 5 heteroatoms. The maximum atomic E-state index is 6.14. The fraction of sp³-hybridized carbons (Fsp3) is 0.273. The number of nitrogens with one attached hydrogen (secondary N) is 1. The van der Waals surface area contributed by atoms with Gasteiger partial charge in [-0.15, -0.1) is 10.2 Å². The van der Waals surface area contributed by atoms with Gasteiger partial charge in [0.15, 0.2) is 0 Å². The van der Waals surface area contributed by atoms with Crippen molar-refractivity contribution in [1.82, 2.24) is 10.2 Å². The lowest BCUT2D eigenvalue weighted by molar-refractivity contribution is 0.624. The van der Waals surface area contributed by atoms with Gasteiger partial charge in [0.1, 0.15) is 5.51 Å². The van der Waals surface area contributed by atoms with Crippen LogP contribution in [0.1, 0.15) is 17.2 Å². The van der Waals surface area contributed by atoms with E-state index in [1.54, 1.807) is 5.51 Å². The van der Waals surface area contributed by atoms with Crippen molar-refractivity contribution in [2.75, 3.05) is 5.32 Å². The first-order chi connectivity index (χ1) is 7.84. The lowest BCUT2D eigenvalue weighted by Crippen LogP contribution is -2.29. The van der Waals surface area contributed by atoms with Crippen LogP contribution in [0, 0.1) is 0 Å². The number of hydrogen-bond donors (Lipinski definition) is 2. The van der Waals surface area contributed by atoms with Crippen LogP contribution in [-0.4, -0.2) is 16.2 Å². The van der Waals surface area contributed by atoms with E-state index in [2.05, 4.69) is 33.7 Å². The molecule has 0 spiro atoms. The third kappa shape index (κ3) is 1.58. The molecule has 2 aromatic rings. The molecule has 1 aliphatic carbocycles. The summed E-state index contributed by atoms with van der Waals surface area (Å²) in [5.74, 6) is 0. The predicted octanol–water partition coefficient (Wildman–Crippen LogP) is 1.57. The second-order valence-electron chi connectivity index (χ2n) is 3.93. The quantitative estimate of drug-likeness (QED) is 0.825. The smallest absolute Gasteiger partial charge is 0.205 e. The number of hydrogen-bond acceptors (Lipinski definition) is 5. The summed E-state index contributed by atoms with van der Waals surface area (Å²) in [6, 6.07) is 8.63. The normalized spacial score (nSPS) is 23.1. The van der Waals surface area contributed by atoms with E-state index < -0.39 is 0 Å². The molecule has 1 heterocycles. The Morgan fingerprint density at radius 3 is 3.06 bits per heavy atom. The Kier molecular flexibility index (Phi) is 2.34. The first kappa shape index (κ1) is 9.74. The van der Waals surface area contributed by atoms with Gasteiger partial charge in [-0.3, -0.25) is 0 Å². The van der Waals surface area contributed by atoms with E-state index in [4.69, 9.17) is 5.73 Å². The Labute approximate surface area is 97.5 Å². The number of nitrogens with zero attached hydrogens (tertiary/aromatic N) is 2. The second-order valence-corrected chi connectivity index (χ2v) is 4.77. The molecule has 0 radical (unpaired) electrons. The van der Waals surface area contributed by atoms with Gasteiger partial charge in [0, 0.05) is 6.04 Å². The van der Waals surface area contributed by atoms with Crippen molar-refractivity contribution in [2.45, 2.75) is 18.5 Å². The maximum Gasteiger partial charge on any atom is 0.205 e. The summed E-state index contributed by atoms with van der Waals surface area (Å²) < 4.78 is 0. The van der Waals surface area contributed by atoms with Crippen molar-refractivity contribution in [3.05, 3.63) is 40.9 Å². The highest BCUT2D eigenvalue weighted by Gasteiger charge is 2.29. The molecule has 3 rings (SSSR count). The van der Waals surface area contributed by atoms with Crippen LogP contribution in [0.5, 0.6) is 0 Å². The van der Waals surface area contributed by atoms with Gasteiger partial charge in [-0.1, -0.05) is 35.6 Å². The summed E-state index contributed by atoms with van der Waals surface area (Å²) in [5, 5.41) is 12.0. The van der Waals surface area contributed by atoms with Gasteiger partial charge in [0.25, 0.3) is 0 Å². The minimum Gasteiger partial charge on any atom is -0.352 e. The molecule has 1 aromatic carbocycles. The van der Waals surface area contributed by atoms with E-state index in [1.807, 2.05) is 6.07 Å². The zero-order valence-corrected chi connectivity index (χ0v) is 9.45. The van der Waals surface area contributed by atoms with E-state index in [0.717, 1.165) is 11.6 Å². The molecule has 1 aromatic heterocycles. The van der Waals surface area contributed by atoms with Crippen LogP contribution < -0.4 is 11.1 Å². The maximum absolute atomic E-state index is 6.14. The SMILES string of the molecule is NC1Cc2ccccc2C1Nc1nncs1. The van der Waals surface area contributed by atoms with Gasteiger partial charge >= 0.3 is 0 Å². The highest BCUT2D eigenvalue weighted by atomic mass is 32.1. The van der Waals surface area contributed by atoms with E-state index >= 15 is 0 Å². The standard InChI is InChI=1S/C11H12N4S/c12-9-5-7-3-1-2-4-8(7)10(9)14-11-15-13-6-16-11/h1-4,6,9-10H,5,12H2,(H,14,15). The fourth-order valence-corrected chi connectivity index (χ4v) is 2.66. The summed E-state index contributed by atoms with van der Waals surface area (Å²) in [6.07, 6.45) is 0.923. The molecule has 3 N–H and O–H groups in total. The topological polar surface area (TPSA) is 63.8 Å². The van der Waals surface area contributed by atoms with E-state index in [0.29, 0.717) is 0 Å². The van der Waals surface area contributed by atoms with Crippen molar-refractivity contribution in [3.63, 3.8) is 0 Å². The zero-order valence-electron chi connectivity index (χ0n) is 8.63. The largest absolute Gasteiger partial charge is 0.352 e. The van der Waals surface area contributed by atoms with Crippen LogP contribution in [0.4, 0.5) is 5.13 Å². The zero-order chi connectivity index (χ0) is 11.0. The van der Waals surface area contributed by atoms with Crippen LogP contribution in [-0.2, 0) is 6.42 Å². The molecular formula is C11H12N4S. The Morgan fingerprint density at radius 1 is 1.38 bits per heavy atom. The molecule has 4 nitrogen and oxygen atoms in total. The van der Waals surface area contributed by atoms with Gasteiger partial charge < -0.3 is 11.1 Å². The number of rotatable bonds is 2. The molecule has 16 heavy (non-hydrogen) atoms. The Hall–Kier alpha value is -1.46. The first-order valence-electron chi connectivity index (χ1n) is 5.20. The minimum absolute atomic E-state index is 0.112. The van der Waals surface area contributed by atoms with Crippen molar-refractivity contribution in [2.24, 2.45) is 5.73 Å². The number of nitrogens with two attached hydrogens (primary N) is 1. The molecule has 82 valence electrons. The third-order valence-electron chi connectivity index (χ3n) is 2.91. The monoisotopic (exact) mass is 232 g/mol. The number of fused-ring (bicyclic) bond motifs is 1. The highest BCUT2D eigenvalue weighted by molar-refractivity contribution is 7.13. The summed E-state index contributed by atoms with van der Waals surface area (Å²) in [5.41, 5.74) is 10.5. The molecule has 0 bridgehead atoms. The third-order valence-corrected chi connectivity index (χ3v) is 3.54. The van der Waals surface area contributed by atoms with Crippen molar-refractivity contribution < 1.29 is 0 Å². The fourth-order valence-electron chi connectivity index (χ4n) is 2.18. The van der Waals surface area contributed by atoms with Crippen molar-refractivity contribution in [1.29, 1.82) is 0 Å². The van der Waals surface area contributed by atoms with Gasteiger partial charge in [-0.25, -0.2) is 0 Å². The molecule has 0 saturated carbocycles. The molecule has 2 unspecified atom stereocenters. The predicted molar refractivity (Wildman–Crippen MR) is 64.4 cm³/mol. The van der Waals surface area contributed by atoms with Crippen LogP contribution in [0.2, 0.25) is 0 Å². The molecule has 0 aliphatic heterocycles. The first-order valence-corrected chi connectivity index (χ1v) is 6.08. The van der Waals surface area contributed by atoms with Gasteiger partial charge in [-0.2, -0.15) is 0 Å². The Morgan fingerprint density at radius 2 is 2.25 bits per heavy atom. The molecule has 0 saturated heterocycles. The average molecular weight is 232 g/mol. The van der Waals surface area contributed by atoms with Crippen LogP contribution >= 0.6 is 11.3 Å². The van der Waals surface area contributed by atoms with Crippen LogP contribution in [0.3, 0.4) is 0 Å². The van der Waals surface area contributed by atoms with Crippen molar-refractivity contribution in [3.8, 4) is 0 Å². The number of benzene rings is 1. The molecule has 0 amide bonds. The van der Waals surface area contributed by atoms with Gasteiger partial charge in [-0.05, 0) is 17.5 Å². The molecule has 2 atom stereocenters. The molecule has 1 aliphatic rings. The van der Waals surface area contributed by atoms with Crippen LogP contribution in [0.25, 0.3) is 0 Å². The minimum atomic E-state index is 0.112. The summed E-state index contributed by atoms with van der Waals surface area (Å²) in [6.45, 7) is 0. The number of anilines is 1. The van der Waals surface area contributed by atoms with E-state index in [9.17, 15) is 0 Å². The molecule has 0 fully saturated rings. The summed E-state index contributed by atoms with van der Waals surface area (Å²) in [4.78, 5) is 0. The second kappa shape index (κ2) is 3.84. The lowest BCUT2D eigenvalue weighted by Gasteiger charge is -2.17. The Balaban J connectivity index is 1.90. The highest BCUT2D eigenvalue weighted by Crippen LogP contribution is 2.33. The summed E-state index contributed by atoms with van der Waals surface area (Å²) in [7, 11) is 0. The van der Waals surface area contributed by atoms with Crippen LogP contribution in [0.15, 0.2) is 29.8 Å². The molecular weight excluding hydrogens is 220 g/mol. The van der Waals surface area contributed by atoms with Crippen molar-refractivity contribution >= 4 is 16.5 Å². The van der Waals surface area contributed by atoms with E-state index in [-0.39, 0.29) is 12.1 Å². The summed E-state index contributed by atoms with van der Waals surface area (Å²) >= 11 is 1.50. The lowest BCUT2D eigenvalue weighted by atomic mass is 10.1. The van der Waals surface area contributed by atoms with E-state index in [1.165, 1.54) is 22.5 Å². The van der Waals surface area contributed by atoms with Gasteiger partial charge in [0.05, 0.1) is 6.04 Å².